The summed E-state index contributed by atoms with van der Waals surface area (Å²) >= 11 is 0. The van der Waals surface area contributed by atoms with E-state index in [4.69, 9.17) is 9.84 Å². The molecule has 0 spiro atoms. The number of allylic oxidation sites excluding steroid dienone is 1. The van der Waals surface area contributed by atoms with E-state index in [1.807, 2.05) is 18.2 Å². The molecule has 1 N–H and O–H groups in total. The Labute approximate surface area is 108 Å². The quantitative estimate of drug-likeness (QED) is 0.596. The zero-order valence-corrected chi connectivity index (χ0v) is 10.8. The van der Waals surface area contributed by atoms with Gasteiger partial charge in [0.15, 0.2) is 0 Å². The van der Waals surface area contributed by atoms with Crippen LogP contribution < -0.4 is 0 Å². The van der Waals surface area contributed by atoms with E-state index in [1.54, 1.807) is 12.1 Å². The first-order valence-electron chi connectivity index (χ1n) is 6.32. The summed E-state index contributed by atoms with van der Waals surface area (Å²) in [5.41, 5.74) is 1.64. The molecule has 0 aliphatic rings. The zero-order chi connectivity index (χ0) is 13.2. The van der Waals surface area contributed by atoms with Gasteiger partial charge in [-0.1, -0.05) is 31.2 Å². The molecule has 0 heterocycles. The summed E-state index contributed by atoms with van der Waals surface area (Å²) in [6.45, 7) is 2.57. The molecule has 0 aliphatic heterocycles. The van der Waals surface area contributed by atoms with E-state index in [0.717, 1.165) is 12.0 Å². The lowest BCUT2D eigenvalue weighted by Gasteiger charge is -2.04. The Kier molecular flexibility index (Phi) is 6.81. The maximum absolute atomic E-state index is 11.6. The fourth-order valence-corrected chi connectivity index (χ4v) is 1.45. The number of ether oxygens (including phenoxy) is 1. The Balaban J connectivity index is 2.46. The standard InChI is InChI=1S/C15H20O3/c1-2-3-6-13-7-9-14(10-8-13)15(17)18-12-5-4-11-16/h3,6-10,16H,2,4-5,11-12H2,1H3. The average Bonchev–Trinajstić information content (AvgIpc) is 2.41. The minimum atomic E-state index is -0.307. The Bertz CT molecular complexity index is 379. The van der Waals surface area contributed by atoms with Crippen LogP contribution in [0.25, 0.3) is 6.08 Å². The van der Waals surface area contributed by atoms with Crippen LogP contribution in [0, 0.1) is 0 Å². The van der Waals surface area contributed by atoms with Crippen LogP contribution in [0.4, 0.5) is 0 Å². The highest BCUT2D eigenvalue weighted by Gasteiger charge is 2.05. The third-order valence-electron chi connectivity index (χ3n) is 2.48. The second-order valence-corrected chi connectivity index (χ2v) is 4.00. The van der Waals surface area contributed by atoms with Crippen LogP contribution in [0.15, 0.2) is 30.3 Å². The molecule has 98 valence electrons. The van der Waals surface area contributed by atoms with Gasteiger partial charge in [-0.25, -0.2) is 4.79 Å². The molecule has 0 atom stereocenters. The number of benzene rings is 1. The molecule has 3 nitrogen and oxygen atoms in total. The molecule has 0 fully saturated rings. The SMILES string of the molecule is CCC=Cc1ccc(C(=O)OCCCCO)cc1. The molecular weight excluding hydrogens is 228 g/mol. The maximum atomic E-state index is 11.6. The van der Waals surface area contributed by atoms with E-state index in [9.17, 15) is 4.79 Å². The predicted molar refractivity (Wildman–Crippen MR) is 72.4 cm³/mol. The summed E-state index contributed by atoms with van der Waals surface area (Å²) in [6.07, 6.45) is 6.45. The lowest BCUT2D eigenvalue weighted by Crippen LogP contribution is -2.06. The van der Waals surface area contributed by atoms with Crippen molar-refractivity contribution in [2.24, 2.45) is 0 Å². The van der Waals surface area contributed by atoms with Crippen molar-refractivity contribution in [2.75, 3.05) is 13.2 Å². The molecule has 3 heteroatoms. The first kappa shape index (κ1) is 14.5. The van der Waals surface area contributed by atoms with Gasteiger partial charge in [0.2, 0.25) is 0 Å². The average molecular weight is 248 g/mol. The van der Waals surface area contributed by atoms with Gasteiger partial charge in [0.05, 0.1) is 12.2 Å². The summed E-state index contributed by atoms with van der Waals surface area (Å²) in [7, 11) is 0. The van der Waals surface area contributed by atoms with E-state index >= 15 is 0 Å². The number of carbonyl (C=O) groups excluding carboxylic acids is 1. The molecule has 0 aliphatic carbocycles. The molecule has 1 aromatic carbocycles. The van der Waals surface area contributed by atoms with Crippen LogP contribution in [-0.2, 0) is 4.74 Å². The van der Waals surface area contributed by atoms with E-state index < -0.39 is 0 Å². The molecule has 0 radical (unpaired) electrons. The van der Waals surface area contributed by atoms with Gasteiger partial charge in [-0.2, -0.15) is 0 Å². The van der Waals surface area contributed by atoms with Crippen molar-refractivity contribution >= 4 is 12.0 Å². The van der Waals surface area contributed by atoms with Gasteiger partial charge in [0, 0.05) is 6.61 Å². The molecule has 1 aromatic rings. The van der Waals surface area contributed by atoms with Crippen molar-refractivity contribution in [1.82, 2.24) is 0 Å². The second-order valence-electron chi connectivity index (χ2n) is 4.00. The first-order valence-corrected chi connectivity index (χ1v) is 6.32. The lowest BCUT2D eigenvalue weighted by molar-refractivity contribution is 0.0492. The summed E-state index contributed by atoms with van der Waals surface area (Å²) in [4.78, 5) is 11.6. The van der Waals surface area contributed by atoms with Crippen molar-refractivity contribution in [2.45, 2.75) is 26.2 Å². The Morgan fingerprint density at radius 2 is 2.00 bits per heavy atom. The van der Waals surface area contributed by atoms with Crippen molar-refractivity contribution in [1.29, 1.82) is 0 Å². The van der Waals surface area contributed by atoms with Gasteiger partial charge in [-0.3, -0.25) is 0 Å². The number of unbranched alkanes of at least 4 members (excludes halogenated alkanes) is 1. The number of aliphatic hydroxyl groups is 1. The minimum Gasteiger partial charge on any atom is -0.462 e. The fourth-order valence-electron chi connectivity index (χ4n) is 1.45. The third-order valence-corrected chi connectivity index (χ3v) is 2.48. The van der Waals surface area contributed by atoms with Crippen LogP contribution in [-0.4, -0.2) is 24.3 Å². The van der Waals surface area contributed by atoms with E-state index in [0.29, 0.717) is 25.0 Å². The Morgan fingerprint density at radius 3 is 2.61 bits per heavy atom. The topological polar surface area (TPSA) is 46.5 Å². The maximum Gasteiger partial charge on any atom is 0.338 e. The molecule has 1 rings (SSSR count). The summed E-state index contributed by atoms with van der Waals surface area (Å²) < 4.78 is 5.08. The molecule has 18 heavy (non-hydrogen) atoms. The van der Waals surface area contributed by atoms with Crippen LogP contribution in [0.2, 0.25) is 0 Å². The summed E-state index contributed by atoms with van der Waals surface area (Å²) in [5.74, 6) is -0.307. The van der Waals surface area contributed by atoms with Crippen molar-refractivity contribution in [3.8, 4) is 0 Å². The smallest absolute Gasteiger partial charge is 0.338 e. The minimum absolute atomic E-state index is 0.135. The van der Waals surface area contributed by atoms with Crippen molar-refractivity contribution < 1.29 is 14.6 Å². The normalized spacial score (nSPS) is 10.8. The molecular formula is C15H20O3. The van der Waals surface area contributed by atoms with Crippen molar-refractivity contribution in [3.05, 3.63) is 41.5 Å². The number of hydrogen-bond donors (Lipinski definition) is 1. The Hall–Kier alpha value is -1.61. The molecule has 0 bridgehead atoms. The van der Waals surface area contributed by atoms with Crippen LogP contribution in [0.5, 0.6) is 0 Å². The van der Waals surface area contributed by atoms with Crippen LogP contribution >= 0.6 is 0 Å². The number of carbonyl (C=O) groups is 1. The van der Waals surface area contributed by atoms with E-state index in [2.05, 4.69) is 13.0 Å². The highest BCUT2D eigenvalue weighted by atomic mass is 16.5. The fraction of sp³-hybridized carbons (Fsp3) is 0.400. The van der Waals surface area contributed by atoms with Gasteiger partial charge in [0.1, 0.15) is 0 Å². The number of hydrogen-bond acceptors (Lipinski definition) is 3. The lowest BCUT2D eigenvalue weighted by atomic mass is 10.1. The molecule has 0 amide bonds. The van der Waals surface area contributed by atoms with Crippen molar-refractivity contribution in [3.63, 3.8) is 0 Å². The summed E-state index contributed by atoms with van der Waals surface area (Å²) in [5, 5.41) is 8.60. The number of aliphatic hydroxyl groups excluding tert-OH is 1. The Morgan fingerprint density at radius 1 is 1.28 bits per heavy atom. The largest absolute Gasteiger partial charge is 0.462 e. The second kappa shape index (κ2) is 8.48. The summed E-state index contributed by atoms with van der Waals surface area (Å²) in [6, 6.07) is 7.33. The molecule has 0 saturated heterocycles. The third kappa shape index (κ3) is 5.15. The monoisotopic (exact) mass is 248 g/mol. The van der Waals surface area contributed by atoms with E-state index in [-0.39, 0.29) is 12.6 Å². The molecule has 0 unspecified atom stereocenters. The molecule has 0 saturated carbocycles. The van der Waals surface area contributed by atoms with Crippen LogP contribution in [0.3, 0.4) is 0 Å². The first-order chi connectivity index (χ1) is 8.77. The predicted octanol–water partition coefficient (Wildman–Crippen LogP) is 3.04. The van der Waals surface area contributed by atoms with Gasteiger partial charge in [-0.05, 0) is 37.0 Å². The number of rotatable bonds is 7. The van der Waals surface area contributed by atoms with Gasteiger partial charge >= 0.3 is 5.97 Å². The zero-order valence-electron chi connectivity index (χ0n) is 10.8. The molecule has 0 aromatic heterocycles. The van der Waals surface area contributed by atoms with Gasteiger partial charge in [-0.15, -0.1) is 0 Å². The van der Waals surface area contributed by atoms with Crippen LogP contribution in [0.1, 0.15) is 42.1 Å². The van der Waals surface area contributed by atoms with Gasteiger partial charge < -0.3 is 9.84 Å². The highest BCUT2D eigenvalue weighted by Crippen LogP contribution is 2.08. The van der Waals surface area contributed by atoms with Gasteiger partial charge in [0.25, 0.3) is 0 Å². The van der Waals surface area contributed by atoms with E-state index in [1.165, 1.54) is 0 Å². The number of esters is 1. The highest BCUT2D eigenvalue weighted by molar-refractivity contribution is 5.89.